The molecule has 7 nitrogen and oxygen atoms in total. The van der Waals surface area contributed by atoms with Gasteiger partial charge in [0.2, 0.25) is 5.91 Å². The Hall–Kier alpha value is -4.13. The molecule has 0 saturated carbocycles. The van der Waals surface area contributed by atoms with E-state index in [2.05, 4.69) is 22.8 Å². The van der Waals surface area contributed by atoms with E-state index in [0.717, 1.165) is 22.3 Å². The minimum absolute atomic E-state index is 0.0642. The molecular formula is C27H26N2O5. The van der Waals surface area contributed by atoms with Gasteiger partial charge in [-0.25, -0.2) is 9.59 Å². The number of ether oxygens (including phenoxy) is 1. The van der Waals surface area contributed by atoms with Gasteiger partial charge in [-0.05, 0) is 46.9 Å². The predicted octanol–water partition coefficient (Wildman–Crippen LogP) is 5.03. The third-order valence-corrected chi connectivity index (χ3v) is 5.91. The average molecular weight is 459 g/mol. The van der Waals surface area contributed by atoms with Crippen LogP contribution in [0.2, 0.25) is 0 Å². The first-order valence-electron chi connectivity index (χ1n) is 11.2. The van der Waals surface area contributed by atoms with Gasteiger partial charge < -0.3 is 20.5 Å². The predicted molar refractivity (Wildman–Crippen MR) is 129 cm³/mol. The number of nitrogens with one attached hydrogen (secondary N) is 2. The Morgan fingerprint density at radius 2 is 1.59 bits per heavy atom. The van der Waals surface area contributed by atoms with Crippen LogP contribution in [0.4, 0.5) is 10.5 Å². The number of fused-ring (bicyclic) bond motifs is 3. The Labute approximate surface area is 197 Å². The zero-order chi connectivity index (χ0) is 24.1. The highest BCUT2D eigenvalue weighted by Crippen LogP contribution is 2.44. The zero-order valence-electron chi connectivity index (χ0n) is 18.8. The molecule has 1 aliphatic rings. The number of amides is 2. The highest BCUT2D eigenvalue weighted by Gasteiger charge is 2.29. The van der Waals surface area contributed by atoms with Crippen LogP contribution >= 0.6 is 0 Å². The van der Waals surface area contributed by atoms with E-state index in [-0.39, 0.29) is 18.1 Å². The largest absolute Gasteiger partial charge is 0.478 e. The van der Waals surface area contributed by atoms with Crippen molar-refractivity contribution in [2.24, 2.45) is 0 Å². The number of hydrogen-bond acceptors (Lipinski definition) is 4. The van der Waals surface area contributed by atoms with Crippen LogP contribution in [-0.2, 0) is 9.53 Å². The van der Waals surface area contributed by atoms with E-state index >= 15 is 0 Å². The summed E-state index contributed by atoms with van der Waals surface area (Å²) in [5.74, 6) is -1.59. The fourth-order valence-corrected chi connectivity index (χ4v) is 4.30. The third-order valence-electron chi connectivity index (χ3n) is 5.91. The maximum atomic E-state index is 12.8. The lowest BCUT2D eigenvalue weighted by atomic mass is 9.98. The van der Waals surface area contributed by atoms with Crippen LogP contribution in [0, 0.1) is 0 Å². The molecule has 0 radical (unpaired) electrons. The van der Waals surface area contributed by atoms with E-state index < -0.39 is 24.0 Å². The van der Waals surface area contributed by atoms with Gasteiger partial charge in [-0.2, -0.15) is 0 Å². The lowest BCUT2D eigenvalue weighted by molar-refractivity contribution is -0.118. The van der Waals surface area contributed by atoms with E-state index in [4.69, 9.17) is 9.84 Å². The van der Waals surface area contributed by atoms with Crippen LogP contribution < -0.4 is 10.6 Å². The SMILES string of the molecule is CCC[C@@H](NC(=O)OCC1c2ccccc2-c2ccccc21)C(=O)Nc1cccc(C(=O)O)c1. The Morgan fingerprint density at radius 3 is 2.21 bits per heavy atom. The van der Waals surface area contributed by atoms with Gasteiger partial charge in [-0.1, -0.05) is 67.9 Å². The summed E-state index contributed by atoms with van der Waals surface area (Å²) in [5, 5.41) is 14.5. The molecule has 1 atom stereocenters. The van der Waals surface area contributed by atoms with Crippen LogP contribution in [0.5, 0.6) is 0 Å². The number of carbonyl (C=O) groups excluding carboxylic acids is 2. The molecule has 0 saturated heterocycles. The summed E-state index contributed by atoms with van der Waals surface area (Å²) in [7, 11) is 0. The minimum Gasteiger partial charge on any atom is -0.478 e. The van der Waals surface area contributed by atoms with Gasteiger partial charge in [0, 0.05) is 11.6 Å². The molecule has 2 amide bonds. The highest BCUT2D eigenvalue weighted by atomic mass is 16.5. The number of benzene rings is 3. The monoisotopic (exact) mass is 458 g/mol. The second-order valence-corrected chi connectivity index (χ2v) is 8.19. The molecule has 0 unspecified atom stereocenters. The van der Waals surface area contributed by atoms with E-state index in [1.165, 1.54) is 12.1 Å². The maximum Gasteiger partial charge on any atom is 0.407 e. The lowest BCUT2D eigenvalue weighted by Gasteiger charge is -2.19. The van der Waals surface area contributed by atoms with Gasteiger partial charge in [0.25, 0.3) is 0 Å². The second-order valence-electron chi connectivity index (χ2n) is 8.19. The normalized spacial score (nSPS) is 12.9. The molecule has 174 valence electrons. The van der Waals surface area contributed by atoms with Gasteiger partial charge in [0.15, 0.2) is 0 Å². The topological polar surface area (TPSA) is 105 Å². The number of rotatable bonds is 8. The van der Waals surface area contributed by atoms with Crippen LogP contribution in [-0.4, -0.2) is 35.7 Å². The molecule has 3 aromatic rings. The van der Waals surface area contributed by atoms with Gasteiger partial charge in [-0.3, -0.25) is 4.79 Å². The Bertz CT molecular complexity index is 1180. The summed E-state index contributed by atoms with van der Waals surface area (Å²) in [4.78, 5) is 36.6. The van der Waals surface area contributed by atoms with E-state index in [1.54, 1.807) is 12.1 Å². The fraction of sp³-hybridized carbons (Fsp3) is 0.222. The van der Waals surface area contributed by atoms with Crippen LogP contribution in [0.25, 0.3) is 11.1 Å². The number of carboxylic acids is 1. The van der Waals surface area contributed by atoms with E-state index in [0.29, 0.717) is 18.5 Å². The van der Waals surface area contributed by atoms with Crippen molar-refractivity contribution in [2.45, 2.75) is 31.7 Å². The molecule has 3 N–H and O–H groups in total. The third kappa shape index (κ3) is 4.93. The standard InChI is InChI=1S/C27H26N2O5/c1-2-8-24(25(30)28-18-10-7-9-17(15-18)26(31)32)29-27(33)34-16-23-21-13-5-3-11-19(21)20-12-4-6-14-22(20)23/h3-7,9-15,23-24H,2,8,16H2,1H3,(H,28,30)(H,29,33)(H,31,32)/t24-/m1/s1. The Morgan fingerprint density at radius 1 is 0.941 bits per heavy atom. The first-order valence-corrected chi connectivity index (χ1v) is 11.2. The van der Waals surface area contributed by atoms with Crippen molar-refractivity contribution in [1.29, 1.82) is 0 Å². The molecule has 3 aromatic carbocycles. The second kappa shape index (κ2) is 10.2. The zero-order valence-corrected chi connectivity index (χ0v) is 18.8. The van der Waals surface area contributed by atoms with Gasteiger partial charge in [0.05, 0.1) is 5.56 Å². The Balaban J connectivity index is 1.40. The van der Waals surface area contributed by atoms with Crippen LogP contribution in [0.3, 0.4) is 0 Å². The van der Waals surface area contributed by atoms with Gasteiger partial charge in [0.1, 0.15) is 12.6 Å². The molecule has 7 heteroatoms. The van der Waals surface area contributed by atoms with Crippen LogP contribution in [0.1, 0.15) is 47.2 Å². The van der Waals surface area contributed by atoms with Gasteiger partial charge in [-0.15, -0.1) is 0 Å². The number of carboxylic acid groups (broad SMARTS) is 1. The summed E-state index contributed by atoms with van der Waals surface area (Å²) in [6.07, 6.45) is 0.403. The molecule has 1 aliphatic carbocycles. The molecule has 0 spiro atoms. The molecule has 0 aliphatic heterocycles. The number of anilines is 1. The number of aromatic carboxylic acids is 1. The molecule has 0 aromatic heterocycles. The highest BCUT2D eigenvalue weighted by molar-refractivity contribution is 5.98. The molecule has 0 bridgehead atoms. The van der Waals surface area contributed by atoms with E-state index in [9.17, 15) is 14.4 Å². The van der Waals surface area contributed by atoms with Gasteiger partial charge >= 0.3 is 12.1 Å². The average Bonchev–Trinajstić information content (AvgIpc) is 3.16. The van der Waals surface area contributed by atoms with Crippen molar-refractivity contribution in [1.82, 2.24) is 5.32 Å². The maximum absolute atomic E-state index is 12.8. The molecule has 0 heterocycles. The van der Waals surface area contributed by atoms with Crippen molar-refractivity contribution in [3.05, 3.63) is 89.5 Å². The van der Waals surface area contributed by atoms with E-state index in [1.807, 2.05) is 43.3 Å². The molecule has 0 fully saturated rings. The summed E-state index contributed by atoms with van der Waals surface area (Å²) < 4.78 is 5.56. The summed E-state index contributed by atoms with van der Waals surface area (Å²) in [6.45, 7) is 2.06. The first-order chi connectivity index (χ1) is 16.5. The molecule has 4 rings (SSSR count). The number of carbonyl (C=O) groups is 3. The molecule has 34 heavy (non-hydrogen) atoms. The lowest BCUT2D eigenvalue weighted by Crippen LogP contribution is -2.44. The first kappa shape index (κ1) is 23.0. The van der Waals surface area contributed by atoms with Crippen LogP contribution in [0.15, 0.2) is 72.8 Å². The quantitative estimate of drug-likeness (QED) is 0.439. The van der Waals surface area contributed by atoms with Crippen molar-refractivity contribution in [3.63, 3.8) is 0 Å². The fourth-order valence-electron chi connectivity index (χ4n) is 4.30. The summed E-state index contributed by atoms with van der Waals surface area (Å²) in [6, 6.07) is 21.3. The Kier molecular flexibility index (Phi) is 6.92. The van der Waals surface area contributed by atoms with Crippen molar-refractivity contribution in [3.8, 4) is 11.1 Å². The molecular weight excluding hydrogens is 432 g/mol. The van der Waals surface area contributed by atoms with Crippen molar-refractivity contribution in [2.75, 3.05) is 11.9 Å². The summed E-state index contributed by atoms with van der Waals surface area (Å²) >= 11 is 0. The summed E-state index contributed by atoms with van der Waals surface area (Å²) in [5.41, 5.74) is 4.91. The van der Waals surface area contributed by atoms with Crippen molar-refractivity contribution < 1.29 is 24.2 Å². The number of hydrogen-bond donors (Lipinski definition) is 3. The number of alkyl carbamates (subject to hydrolysis) is 1. The van der Waals surface area contributed by atoms with Crippen molar-refractivity contribution >= 4 is 23.7 Å². The smallest absolute Gasteiger partial charge is 0.407 e. The minimum atomic E-state index is -1.09.